The van der Waals surface area contributed by atoms with E-state index in [4.69, 9.17) is 23.2 Å². The lowest BCUT2D eigenvalue weighted by Crippen LogP contribution is -2.46. The summed E-state index contributed by atoms with van der Waals surface area (Å²) in [5.74, 6) is -3.07. The second-order valence-electron chi connectivity index (χ2n) is 7.60. The van der Waals surface area contributed by atoms with Crippen molar-refractivity contribution in [1.29, 1.82) is 0 Å². The minimum Gasteiger partial charge on any atom is -0.357 e. The van der Waals surface area contributed by atoms with E-state index in [1.807, 2.05) is 0 Å². The van der Waals surface area contributed by atoms with Crippen molar-refractivity contribution in [2.75, 3.05) is 24.2 Å². The second-order valence-corrected chi connectivity index (χ2v) is 10.3. The maximum Gasteiger partial charge on any atom is 0.242 e. The predicted molar refractivity (Wildman–Crippen MR) is 128 cm³/mol. The van der Waals surface area contributed by atoms with Crippen molar-refractivity contribution in [2.24, 2.45) is 0 Å². The van der Waals surface area contributed by atoms with Gasteiger partial charge in [-0.1, -0.05) is 29.3 Å². The lowest BCUT2D eigenvalue weighted by atomic mass is 10.1. The lowest BCUT2D eigenvalue weighted by molar-refractivity contribution is -0.140. The van der Waals surface area contributed by atoms with Crippen LogP contribution >= 0.6 is 23.2 Å². The van der Waals surface area contributed by atoms with Gasteiger partial charge in [-0.3, -0.25) is 13.9 Å². The number of nitrogens with zero attached hydrogens (tertiary/aromatic N) is 2. The van der Waals surface area contributed by atoms with Crippen molar-refractivity contribution in [3.63, 3.8) is 0 Å². The minimum atomic E-state index is -3.83. The molecular weight excluding hydrogens is 511 g/mol. The van der Waals surface area contributed by atoms with E-state index in [-0.39, 0.29) is 37.5 Å². The third-order valence-electron chi connectivity index (χ3n) is 5.09. The summed E-state index contributed by atoms with van der Waals surface area (Å²) in [6.45, 7) is 1.49. The van der Waals surface area contributed by atoms with Crippen molar-refractivity contribution in [1.82, 2.24) is 10.2 Å². The molecule has 2 aromatic carbocycles. The number of sulfonamides is 1. The van der Waals surface area contributed by atoms with Gasteiger partial charge in [0.05, 0.1) is 22.0 Å². The normalized spacial score (nSPS) is 12.2. The Morgan fingerprint density at radius 1 is 1.06 bits per heavy atom. The Kier molecular flexibility index (Phi) is 9.66. The summed E-state index contributed by atoms with van der Waals surface area (Å²) in [5, 5.41) is 3.15. The molecule has 186 valence electrons. The van der Waals surface area contributed by atoms with E-state index < -0.39 is 33.6 Å². The Morgan fingerprint density at radius 3 is 2.29 bits per heavy atom. The molecule has 0 aromatic heterocycles. The monoisotopic (exact) mass is 535 g/mol. The molecule has 2 aromatic rings. The molecule has 0 heterocycles. The molecule has 12 heteroatoms. The largest absolute Gasteiger partial charge is 0.357 e. The first kappa shape index (κ1) is 27.8. The Hall–Kier alpha value is -2.43. The highest BCUT2D eigenvalue weighted by Gasteiger charge is 2.26. The molecule has 0 aliphatic rings. The molecule has 1 N–H and O–H groups in total. The van der Waals surface area contributed by atoms with Crippen LogP contribution in [0.3, 0.4) is 0 Å². The highest BCUT2D eigenvalue weighted by Crippen LogP contribution is 2.25. The average Bonchev–Trinajstić information content (AvgIpc) is 2.77. The minimum absolute atomic E-state index is 0.0553. The smallest absolute Gasteiger partial charge is 0.242 e. The van der Waals surface area contributed by atoms with Crippen LogP contribution in [0.1, 0.15) is 25.3 Å². The topological polar surface area (TPSA) is 86.8 Å². The zero-order valence-electron chi connectivity index (χ0n) is 18.8. The number of amides is 2. The molecule has 2 rings (SSSR count). The zero-order valence-corrected chi connectivity index (χ0v) is 21.1. The van der Waals surface area contributed by atoms with Gasteiger partial charge in [-0.15, -0.1) is 0 Å². The van der Waals surface area contributed by atoms with Gasteiger partial charge in [-0.2, -0.15) is 0 Å². The van der Waals surface area contributed by atoms with E-state index in [0.717, 1.165) is 28.8 Å². The van der Waals surface area contributed by atoms with Gasteiger partial charge < -0.3 is 10.2 Å². The molecule has 0 aliphatic carbocycles. The fourth-order valence-corrected chi connectivity index (χ4v) is 4.55. The quantitative estimate of drug-likeness (QED) is 0.498. The summed E-state index contributed by atoms with van der Waals surface area (Å²) in [4.78, 5) is 26.6. The molecule has 0 bridgehead atoms. The number of carbonyl (C=O) groups excluding carboxylic acids is 2. The van der Waals surface area contributed by atoms with Crippen molar-refractivity contribution in [3.05, 3.63) is 63.6 Å². The highest BCUT2D eigenvalue weighted by molar-refractivity contribution is 7.92. The molecule has 0 saturated heterocycles. The molecule has 0 unspecified atom stereocenters. The first-order valence-electron chi connectivity index (χ1n) is 10.2. The van der Waals surface area contributed by atoms with Crippen LogP contribution < -0.4 is 9.62 Å². The number of rotatable bonds is 10. The SMILES string of the molecule is CNC(=O)[C@@H](C)N(Cc1ccc(Cl)c(Cl)c1)C(=O)CCCN(c1ccc(F)c(F)c1)S(C)(=O)=O. The summed E-state index contributed by atoms with van der Waals surface area (Å²) in [6.07, 6.45) is 0.905. The van der Waals surface area contributed by atoms with Crippen LogP contribution in [0, 0.1) is 11.6 Å². The number of likely N-dealkylation sites (N-methyl/N-ethyl adjacent to an activating group) is 1. The number of anilines is 1. The summed E-state index contributed by atoms with van der Waals surface area (Å²) >= 11 is 12.0. The molecule has 0 fully saturated rings. The predicted octanol–water partition coefficient (Wildman–Crippen LogP) is 3.98. The molecule has 1 atom stereocenters. The second kappa shape index (κ2) is 11.8. The lowest BCUT2D eigenvalue weighted by Gasteiger charge is -2.29. The Bertz CT molecular complexity index is 1160. The third-order valence-corrected chi connectivity index (χ3v) is 7.03. The first-order valence-corrected chi connectivity index (χ1v) is 12.8. The number of hydrogen-bond donors (Lipinski definition) is 1. The highest BCUT2D eigenvalue weighted by atomic mass is 35.5. The average molecular weight is 536 g/mol. The van der Waals surface area contributed by atoms with Crippen molar-refractivity contribution in [2.45, 2.75) is 32.4 Å². The van der Waals surface area contributed by atoms with E-state index in [1.54, 1.807) is 25.1 Å². The van der Waals surface area contributed by atoms with Crippen molar-refractivity contribution in [3.8, 4) is 0 Å². The molecular formula is C22H25Cl2F2N3O4S. The van der Waals surface area contributed by atoms with Crippen LogP contribution in [0.4, 0.5) is 14.5 Å². The molecule has 0 spiro atoms. The van der Waals surface area contributed by atoms with Crippen molar-refractivity contribution < 1.29 is 26.8 Å². The summed E-state index contributed by atoms with van der Waals surface area (Å²) in [7, 11) is -2.38. The Balaban J connectivity index is 2.18. The summed E-state index contributed by atoms with van der Waals surface area (Å²) < 4.78 is 52.2. The van der Waals surface area contributed by atoms with Crippen LogP contribution in [-0.2, 0) is 26.2 Å². The van der Waals surface area contributed by atoms with Gasteiger partial charge in [0, 0.05) is 32.6 Å². The molecule has 2 amide bonds. The standard InChI is InChI=1S/C22H25Cl2F2N3O4S/c1-14(22(31)27-2)28(13-15-6-8-17(23)18(24)11-15)21(30)5-4-10-29(34(3,32)33)16-7-9-19(25)20(26)12-16/h6-9,11-12,14H,4-5,10,13H2,1-3H3,(H,27,31)/t14-/m1/s1. The van der Waals surface area contributed by atoms with E-state index in [1.165, 1.54) is 11.9 Å². The maximum atomic E-state index is 13.6. The van der Waals surface area contributed by atoms with Crippen LogP contribution in [0.15, 0.2) is 36.4 Å². The van der Waals surface area contributed by atoms with Gasteiger partial charge in [-0.25, -0.2) is 17.2 Å². The third kappa shape index (κ3) is 7.28. The van der Waals surface area contributed by atoms with Crippen LogP contribution in [0.5, 0.6) is 0 Å². The summed E-state index contributed by atoms with van der Waals surface area (Å²) in [6, 6.07) is 6.79. The Labute approximate surface area is 207 Å². The maximum absolute atomic E-state index is 13.6. The van der Waals surface area contributed by atoms with E-state index in [9.17, 15) is 26.8 Å². The van der Waals surface area contributed by atoms with Gasteiger partial charge in [-0.05, 0) is 43.2 Å². The van der Waals surface area contributed by atoms with Gasteiger partial charge >= 0.3 is 0 Å². The number of carbonyl (C=O) groups is 2. The van der Waals surface area contributed by atoms with E-state index in [2.05, 4.69) is 5.32 Å². The molecule has 34 heavy (non-hydrogen) atoms. The number of nitrogens with one attached hydrogen (secondary N) is 1. The number of benzene rings is 2. The Morgan fingerprint density at radius 2 is 1.74 bits per heavy atom. The fourth-order valence-electron chi connectivity index (χ4n) is 3.27. The number of halogens is 4. The molecule has 0 aliphatic heterocycles. The van der Waals surface area contributed by atoms with Crippen molar-refractivity contribution >= 4 is 50.7 Å². The van der Waals surface area contributed by atoms with Gasteiger partial charge in [0.1, 0.15) is 6.04 Å². The van der Waals surface area contributed by atoms with Gasteiger partial charge in [0.25, 0.3) is 0 Å². The van der Waals surface area contributed by atoms with E-state index >= 15 is 0 Å². The van der Waals surface area contributed by atoms with Crippen LogP contribution in [0.25, 0.3) is 0 Å². The number of hydrogen-bond acceptors (Lipinski definition) is 4. The molecule has 7 nitrogen and oxygen atoms in total. The molecule has 0 saturated carbocycles. The fraction of sp³-hybridized carbons (Fsp3) is 0.364. The molecule has 0 radical (unpaired) electrons. The summed E-state index contributed by atoms with van der Waals surface area (Å²) in [5.41, 5.74) is 0.596. The van der Waals surface area contributed by atoms with Crippen LogP contribution in [-0.4, -0.2) is 51.0 Å². The van der Waals surface area contributed by atoms with Gasteiger partial charge in [0.2, 0.25) is 21.8 Å². The van der Waals surface area contributed by atoms with E-state index in [0.29, 0.717) is 15.6 Å². The zero-order chi connectivity index (χ0) is 25.6. The first-order chi connectivity index (χ1) is 15.8. The van der Waals surface area contributed by atoms with Gasteiger partial charge in [0.15, 0.2) is 11.6 Å². The van der Waals surface area contributed by atoms with Crippen LogP contribution in [0.2, 0.25) is 10.0 Å².